The number of carbonyl (C=O) groups is 2. The van der Waals surface area contributed by atoms with Gasteiger partial charge in [-0.05, 0) is 20.4 Å². The Bertz CT molecular complexity index is 272. The summed E-state index contributed by atoms with van der Waals surface area (Å²) in [6.45, 7) is 3.90. The number of ether oxygens (including phenoxy) is 1. The minimum absolute atomic E-state index is 0. The molecule has 0 saturated carbocycles. The van der Waals surface area contributed by atoms with Crippen LogP contribution >= 0.6 is 0 Å². The van der Waals surface area contributed by atoms with Crippen molar-refractivity contribution < 1.29 is 14.3 Å². The van der Waals surface area contributed by atoms with E-state index >= 15 is 0 Å². The summed E-state index contributed by atoms with van der Waals surface area (Å²) in [6, 6.07) is -0.429. The molecule has 0 rings (SSSR count). The number of esters is 2. The van der Waals surface area contributed by atoms with Gasteiger partial charge in [0.05, 0.1) is 0 Å². The number of hydrogen-bond donors (Lipinski definition) is 1. The summed E-state index contributed by atoms with van der Waals surface area (Å²) in [5, 5.41) is 2.75. The number of nitrogens with one attached hydrogen (secondary N) is 1. The van der Waals surface area contributed by atoms with E-state index in [1.165, 1.54) is 44.9 Å². The molecule has 21 heavy (non-hydrogen) atoms. The van der Waals surface area contributed by atoms with Crippen LogP contribution in [-0.2, 0) is 14.3 Å². The van der Waals surface area contributed by atoms with Gasteiger partial charge in [0, 0.05) is 36.0 Å². The maximum absolute atomic E-state index is 11.4. The molecule has 119 valence electrons. The first kappa shape index (κ1) is 23.4. The first-order chi connectivity index (χ1) is 9.61. The van der Waals surface area contributed by atoms with E-state index in [-0.39, 0.29) is 29.6 Å². The Morgan fingerprint density at radius 1 is 0.952 bits per heavy atom. The van der Waals surface area contributed by atoms with Gasteiger partial charge in [0.2, 0.25) is 0 Å². The van der Waals surface area contributed by atoms with Crippen molar-refractivity contribution in [2.75, 3.05) is 7.05 Å². The minimum atomic E-state index is -0.492. The molecule has 0 aromatic heterocycles. The number of likely N-dealkylation sites (N-methyl/N-ethyl adjacent to an activating group) is 1. The van der Waals surface area contributed by atoms with Gasteiger partial charge in [-0.25, -0.2) is 4.79 Å². The van der Waals surface area contributed by atoms with E-state index in [1.807, 2.05) is 0 Å². The van der Waals surface area contributed by atoms with Crippen LogP contribution in [0, 0.1) is 0 Å². The van der Waals surface area contributed by atoms with Crippen molar-refractivity contribution in [2.24, 2.45) is 0 Å². The van der Waals surface area contributed by atoms with Gasteiger partial charge in [0.1, 0.15) is 6.04 Å². The monoisotopic (exact) mass is 308 g/mol. The van der Waals surface area contributed by atoms with E-state index < -0.39 is 18.0 Å². The predicted octanol–water partition coefficient (Wildman–Crippen LogP) is 3.20. The van der Waals surface area contributed by atoms with Gasteiger partial charge in [0.15, 0.2) is 0 Å². The van der Waals surface area contributed by atoms with Crippen LogP contribution in [0.4, 0.5) is 0 Å². The average Bonchev–Trinajstić information content (AvgIpc) is 2.44. The summed E-state index contributed by atoms with van der Waals surface area (Å²) in [5.41, 5.74) is 0. The second kappa shape index (κ2) is 16.5. The Morgan fingerprint density at radius 2 is 1.43 bits per heavy atom. The third-order valence-corrected chi connectivity index (χ3v) is 3.49. The van der Waals surface area contributed by atoms with E-state index in [9.17, 15) is 9.59 Å². The maximum atomic E-state index is 11.4. The molecule has 0 aliphatic rings. The minimum Gasteiger partial charge on any atom is -0.392 e. The van der Waals surface area contributed by atoms with Crippen molar-refractivity contribution in [1.82, 2.24) is 5.32 Å². The van der Waals surface area contributed by atoms with Crippen LogP contribution in [0.15, 0.2) is 0 Å². The predicted molar refractivity (Wildman–Crippen MR) is 87.2 cm³/mol. The third-order valence-electron chi connectivity index (χ3n) is 3.49. The number of hydrogen-bond acceptors (Lipinski definition) is 4. The van der Waals surface area contributed by atoms with Gasteiger partial charge in [-0.15, -0.1) is 0 Å². The topological polar surface area (TPSA) is 55.4 Å². The molecule has 0 heterocycles. The molecule has 4 nitrogen and oxygen atoms in total. The van der Waals surface area contributed by atoms with E-state index in [2.05, 4.69) is 12.2 Å². The first-order valence-corrected chi connectivity index (χ1v) is 8.03. The number of unbranched alkanes of at least 4 members (excludes halogenated alkanes) is 8. The van der Waals surface area contributed by atoms with Crippen LogP contribution < -0.4 is 5.32 Å². The SMILES string of the molecule is CCCCCCCCCCCC(=O)OC(=O)[C@H](C)NC.[Na]. The third kappa shape index (κ3) is 14.8. The van der Waals surface area contributed by atoms with Crippen LogP contribution in [0.2, 0.25) is 0 Å². The smallest absolute Gasteiger partial charge is 0.330 e. The molecule has 0 aliphatic heterocycles. The fourth-order valence-electron chi connectivity index (χ4n) is 1.95. The molecule has 0 aromatic carbocycles. The Labute approximate surface area is 152 Å². The van der Waals surface area contributed by atoms with Crippen molar-refractivity contribution >= 4 is 41.5 Å². The molecule has 0 aromatic rings. The van der Waals surface area contributed by atoms with Crippen LogP contribution in [0.25, 0.3) is 0 Å². The molecule has 0 bridgehead atoms. The maximum Gasteiger partial charge on any atom is 0.330 e. The standard InChI is InChI=1S/C16H31NO3.Na/c1-4-5-6-7-8-9-10-11-12-13-15(18)20-16(19)14(2)17-3;/h14,17H,4-13H2,1-3H3;/t14-;/m0./s1. The summed E-state index contributed by atoms with van der Waals surface area (Å²) in [4.78, 5) is 22.7. The van der Waals surface area contributed by atoms with E-state index in [1.54, 1.807) is 14.0 Å². The van der Waals surface area contributed by atoms with Gasteiger partial charge in [-0.3, -0.25) is 4.79 Å². The zero-order valence-electron chi connectivity index (χ0n) is 14.4. The summed E-state index contributed by atoms with van der Waals surface area (Å²) in [6.07, 6.45) is 11.2. The molecule has 1 radical (unpaired) electrons. The summed E-state index contributed by atoms with van der Waals surface area (Å²) in [5.74, 6) is -0.895. The second-order valence-electron chi connectivity index (χ2n) is 5.38. The van der Waals surface area contributed by atoms with E-state index in [0.717, 1.165) is 12.8 Å². The fraction of sp³-hybridized carbons (Fsp3) is 0.875. The average molecular weight is 308 g/mol. The zero-order valence-corrected chi connectivity index (χ0v) is 16.4. The molecule has 1 atom stereocenters. The molecular formula is C16H31NNaO3. The van der Waals surface area contributed by atoms with Gasteiger partial charge in [-0.2, -0.15) is 0 Å². The number of rotatable bonds is 12. The van der Waals surface area contributed by atoms with Crippen molar-refractivity contribution in [3.8, 4) is 0 Å². The zero-order chi connectivity index (χ0) is 15.2. The van der Waals surface area contributed by atoms with E-state index in [4.69, 9.17) is 4.74 Å². The van der Waals surface area contributed by atoms with Crippen molar-refractivity contribution in [2.45, 2.75) is 84.1 Å². The molecule has 0 spiro atoms. The van der Waals surface area contributed by atoms with Crippen LogP contribution in [0.5, 0.6) is 0 Å². The van der Waals surface area contributed by atoms with Crippen molar-refractivity contribution in [3.05, 3.63) is 0 Å². The van der Waals surface area contributed by atoms with Crippen LogP contribution in [0.1, 0.15) is 78.1 Å². The Balaban J connectivity index is 0. The van der Waals surface area contributed by atoms with Gasteiger partial charge in [0.25, 0.3) is 0 Å². The Morgan fingerprint density at radius 3 is 1.90 bits per heavy atom. The second-order valence-corrected chi connectivity index (χ2v) is 5.38. The van der Waals surface area contributed by atoms with Gasteiger partial charge < -0.3 is 10.1 Å². The van der Waals surface area contributed by atoms with Crippen LogP contribution in [0.3, 0.4) is 0 Å². The van der Waals surface area contributed by atoms with Gasteiger partial charge >= 0.3 is 11.9 Å². The molecule has 0 unspecified atom stereocenters. The Kier molecular flexibility index (Phi) is 18.3. The molecule has 0 saturated heterocycles. The van der Waals surface area contributed by atoms with Crippen molar-refractivity contribution in [1.29, 1.82) is 0 Å². The summed E-state index contributed by atoms with van der Waals surface area (Å²) in [7, 11) is 1.66. The van der Waals surface area contributed by atoms with E-state index in [0.29, 0.717) is 6.42 Å². The van der Waals surface area contributed by atoms with Crippen molar-refractivity contribution in [3.63, 3.8) is 0 Å². The molecule has 0 fully saturated rings. The fourth-order valence-corrected chi connectivity index (χ4v) is 1.95. The largest absolute Gasteiger partial charge is 0.392 e. The molecular weight excluding hydrogens is 277 g/mol. The van der Waals surface area contributed by atoms with Gasteiger partial charge in [-0.1, -0.05) is 58.3 Å². The molecule has 1 N–H and O–H groups in total. The molecule has 0 aliphatic carbocycles. The summed E-state index contributed by atoms with van der Waals surface area (Å²) >= 11 is 0. The number of carbonyl (C=O) groups excluding carboxylic acids is 2. The van der Waals surface area contributed by atoms with Crippen LogP contribution in [-0.4, -0.2) is 54.6 Å². The molecule has 0 amide bonds. The first-order valence-electron chi connectivity index (χ1n) is 8.03. The summed E-state index contributed by atoms with van der Waals surface area (Å²) < 4.78 is 4.73. The Hall–Kier alpha value is 0.1000. The molecule has 5 heteroatoms. The normalized spacial score (nSPS) is 11.6. The quantitative estimate of drug-likeness (QED) is 0.260.